The van der Waals surface area contributed by atoms with Crippen molar-refractivity contribution in [1.29, 1.82) is 0 Å². The van der Waals surface area contributed by atoms with E-state index in [4.69, 9.17) is 5.73 Å². The quantitative estimate of drug-likeness (QED) is 0.901. The molecule has 20 heavy (non-hydrogen) atoms. The van der Waals surface area contributed by atoms with Gasteiger partial charge in [0.05, 0.1) is 5.92 Å². The number of aryl methyl sites for hydroxylation is 1. The van der Waals surface area contributed by atoms with E-state index < -0.39 is 0 Å². The van der Waals surface area contributed by atoms with E-state index in [-0.39, 0.29) is 23.3 Å². The predicted octanol–water partition coefficient (Wildman–Crippen LogP) is 2.68. The summed E-state index contributed by atoms with van der Waals surface area (Å²) < 4.78 is 0. The van der Waals surface area contributed by atoms with Crippen LogP contribution in [-0.2, 0) is 4.79 Å². The third kappa shape index (κ3) is 3.04. The van der Waals surface area contributed by atoms with Crippen molar-refractivity contribution in [3.63, 3.8) is 0 Å². The molecule has 3 nitrogen and oxygen atoms in total. The molecular formula is C17H26N2O. The minimum absolute atomic E-state index is 0.000233. The van der Waals surface area contributed by atoms with Crippen LogP contribution in [0.25, 0.3) is 0 Å². The molecule has 0 spiro atoms. The zero-order valence-electron chi connectivity index (χ0n) is 13.0. The first-order valence-electron chi connectivity index (χ1n) is 7.42. The molecule has 1 aromatic carbocycles. The number of likely N-dealkylation sites (tertiary alicyclic amines) is 1. The van der Waals surface area contributed by atoms with Crippen LogP contribution in [0.1, 0.15) is 44.2 Å². The molecule has 2 atom stereocenters. The van der Waals surface area contributed by atoms with Gasteiger partial charge in [-0.2, -0.15) is 0 Å². The molecule has 3 heteroatoms. The molecule has 0 bridgehead atoms. The maximum absolute atomic E-state index is 12.7. The molecule has 1 aliphatic rings. The van der Waals surface area contributed by atoms with Gasteiger partial charge in [0.25, 0.3) is 0 Å². The summed E-state index contributed by atoms with van der Waals surface area (Å²) in [6, 6.07) is 8.40. The van der Waals surface area contributed by atoms with E-state index in [1.54, 1.807) is 0 Å². The summed E-state index contributed by atoms with van der Waals surface area (Å²) in [5, 5.41) is 0. The third-order valence-electron chi connectivity index (χ3n) is 4.54. The maximum atomic E-state index is 12.7. The molecule has 0 aromatic heterocycles. The average molecular weight is 274 g/mol. The van der Waals surface area contributed by atoms with E-state index in [0.29, 0.717) is 0 Å². The maximum Gasteiger partial charge on any atom is 0.229 e. The Kier molecular flexibility index (Phi) is 4.19. The highest BCUT2D eigenvalue weighted by atomic mass is 16.2. The molecule has 0 aliphatic carbocycles. The van der Waals surface area contributed by atoms with Crippen molar-refractivity contribution in [1.82, 2.24) is 4.90 Å². The van der Waals surface area contributed by atoms with Crippen LogP contribution in [0.4, 0.5) is 0 Å². The highest BCUT2D eigenvalue weighted by Gasteiger charge is 2.36. The number of piperidine rings is 1. The molecule has 2 unspecified atom stereocenters. The third-order valence-corrected chi connectivity index (χ3v) is 4.54. The second-order valence-corrected chi connectivity index (χ2v) is 6.78. The van der Waals surface area contributed by atoms with Gasteiger partial charge in [-0.3, -0.25) is 4.79 Å². The summed E-state index contributed by atoms with van der Waals surface area (Å²) in [5.74, 6) is 0.135. The lowest BCUT2D eigenvalue weighted by molar-refractivity contribution is -0.135. The van der Waals surface area contributed by atoms with Crippen molar-refractivity contribution in [2.45, 2.75) is 46.1 Å². The van der Waals surface area contributed by atoms with Crippen LogP contribution in [0.15, 0.2) is 24.3 Å². The van der Waals surface area contributed by atoms with Crippen LogP contribution in [-0.4, -0.2) is 29.9 Å². The first-order chi connectivity index (χ1) is 9.31. The Morgan fingerprint density at radius 1 is 1.45 bits per heavy atom. The van der Waals surface area contributed by atoms with Crippen molar-refractivity contribution in [3.05, 3.63) is 35.4 Å². The molecule has 1 heterocycles. The Labute approximate surface area is 122 Å². The molecule has 0 saturated carbocycles. The highest BCUT2D eigenvalue weighted by molar-refractivity contribution is 5.83. The lowest BCUT2D eigenvalue weighted by atomic mass is 9.79. The Morgan fingerprint density at radius 2 is 2.15 bits per heavy atom. The minimum atomic E-state index is -0.0833. The zero-order valence-corrected chi connectivity index (χ0v) is 13.0. The van der Waals surface area contributed by atoms with Crippen LogP contribution >= 0.6 is 0 Å². The van der Waals surface area contributed by atoms with Crippen LogP contribution in [0.2, 0.25) is 0 Å². The number of hydrogen-bond acceptors (Lipinski definition) is 2. The van der Waals surface area contributed by atoms with Gasteiger partial charge in [-0.15, -0.1) is 0 Å². The molecule has 2 rings (SSSR count). The van der Waals surface area contributed by atoms with Crippen LogP contribution in [0.5, 0.6) is 0 Å². The van der Waals surface area contributed by atoms with Crippen molar-refractivity contribution in [2.24, 2.45) is 11.1 Å². The number of nitrogens with zero attached hydrogens (tertiary/aromatic N) is 1. The molecule has 1 amide bonds. The Bertz CT molecular complexity index is 496. The fourth-order valence-corrected chi connectivity index (χ4v) is 2.92. The molecule has 1 saturated heterocycles. The van der Waals surface area contributed by atoms with E-state index in [2.05, 4.69) is 32.9 Å². The summed E-state index contributed by atoms with van der Waals surface area (Å²) >= 11 is 0. The summed E-state index contributed by atoms with van der Waals surface area (Å²) in [6.07, 6.45) is 0.888. The minimum Gasteiger partial charge on any atom is -0.342 e. The molecule has 0 radical (unpaired) electrons. The number of carbonyl (C=O) groups excluding carboxylic acids is 1. The zero-order chi connectivity index (χ0) is 14.9. The lowest BCUT2D eigenvalue weighted by Crippen LogP contribution is -2.54. The number of hydrogen-bond donors (Lipinski definition) is 1. The summed E-state index contributed by atoms with van der Waals surface area (Å²) in [7, 11) is 0. The smallest absolute Gasteiger partial charge is 0.229 e. The van der Waals surface area contributed by atoms with Gasteiger partial charge in [-0.25, -0.2) is 0 Å². The van der Waals surface area contributed by atoms with Gasteiger partial charge in [0.1, 0.15) is 0 Å². The van der Waals surface area contributed by atoms with Gasteiger partial charge in [0.15, 0.2) is 0 Å². The van der Waals surface area contributed by atoms with Gasteiger partial charge in [0.2, 0.25) is 5.91 Å². The van der Waals surface area contributed by atoms with Crippen LogP contribution < -0.4 is 5.73 Å². The van der Waals surface area contributed by atoms with Gasteiger partial charge >= 0.3 is 0 Å². The van der Waals surface area contributed by atoms with E-state index in [1.165, 1.54) is 5.56 Å². The fourth-order valence-electron chi connectivity index (χ4n) is 2.92. The average Bonchev–Trinajstić information content (AvgIpc) is 2.40. The van der Waals surface area contributed by atoms with E-state index in [9.17, 15) is 4.79 Å². The Balaban J connectivity index is 2.11. The molecule has 110 valence electrons. The van der Waals surface area contributed by atoms with E-state index >= 15 is 0 Å². The topological polar surface area (TPSA) is 46.3 Å². The number of amides is 1. The molecular weight excluding hydrogens is 248 g/mol. The van der Waals surface area contributed by atoms with Gasteiger partial charge in [0, 0.05) is 19.1 Å². The van der Waals surface area contributed by atoms with E-state index in [1.807, 2.05) is 24.0 Å². The van der Waals surface area contributed by atoms with Crippen molar-refractivity contribution < 1.29 is 4.79 Å². The first-order valence-corrected chi connectivity index (χ1v) is 7.42. The highest BCUT2D eigenvalue weighted by Crippen LogP contribution is 2.30. The van der Waals surface area contributed by atoms with Crippen LogP contribution in [0, 0.1) is 12.3 Å². The molecule has 2 N–H and O–H groups in total. The first kappa shape index (κ1) is 15.0. The molecule has 1 aliphatic heterocycles. The van der Waals surface area contributed by atoms with Crippen molar-refractivity contribution in [3.8, 4) is 0 Å². The lowest BCUT2D eigenvalue weighted by Gasteiger charge is -2.43. The summed E-state index contributed by atoms with van der Waals surface area (Å²) in [5.41, 5.74) is 8.44. The van der Waals surface area contributed by atoms with E-state index in [0.717, 1.165) is 25.1 Å². The Hall–Kier alpha value is -1.35. The van der Waals surface area contributed by atoms with Gasteiger partial charge in [-0.05, 0) is 31.2 Å². The van der Waals surface area contributed by atoms with Gasteiger partial charge < -0.3 is 10.6 Å². The van der Waals surface area contributed by atoms with Crippen molar-refractivity contribution in [2.75, 3.05) is 13.1 Å². The fraction of sp³-hybridized carbons (Fsp3) is 0.588. The van der Waals surface area contributed by atoms with Crippen molar-refractivity contribution >= 4 is 5.91 Å². The summed E-state index contributed by atoms with van der Waals surface area (Å²) in [6.45, 7) is 9.88. The normalized spacial score (nSPS) is 23.4. The number of nitrogens with two attached hydrogens (primary N) is 1. The number of carbonyl (C=O) groups is 1. The SMILES string of the molecule is Cc1cccc(C(C)C(=O)N2CCC(N)C(C)(C)C2)c1. The standard InChI is InChI=1S/C17H26N2O/c1-12-6-5-7-14(10-12)13(2)16(20)19-9-8-15(18)17(3,4)11-19/h5-7,10,13,15H,8-9,11,18H2,1-4H3. The second kappa shape index (κ2) is 5.57. The van der Waals surface area contributed by atoms with Gasteiger partial charge in [-0.1, -0.05) is 43.7 Å². The predicted molar refractivity (Wildman–Crippen MR) is 82.5 cm³/mol. The van der Waals surface area contributed by atoms with Crippen LogP contribution in [0.3, 0.4) is 0 Å². The largest absolute Gasteiger partial charge is 0.342 e. The summed E-state index contributed by atoms with van der Waals surface area (Å²) in [4.78, 5) is 14.7. The number of rotatable bonds is 2. The molecule has 1 fully saturated rings. The number of benzene rings is 1. The second-order valence-electron chi connectivity index (χ2n) is 6.78. The molecule has 1 aromatic rings. The Morgan fingerprint density at radius 3 is 2.75 bits per heavy atom. The monoisotopic (exact) mass is 274 g/mol.